The van der Waals surface area contributed by atoms with Crippen LogP contribution in [0.15, 0.2) is 41.3 Å². The Hall–Kier alpha value is -2.54. The van der Waals surface area contributed by atoms with Gasteiger partial charge in [-0.3, -0.25) is 4.72 Å². The Balaban J connectivity index is 2.50. The molecule has 2 N–H and O–H groups in total. The van der Waals surface area contributed by atoms with Crippen molar-refractivity contribution in [2.45, 2.75) is 18.7 Å². The molecule has 2 aromatic rings. The van der Waals surface area contributed by atoms with E-state index >= 15 is 0 Å². The molecule has 0 heterocycles. The first kappa shape index (κ1) is 16.8. The van der Waals surface area contributed by atoms with Gasteiger partial charge < -0.3 is 9.84 Å². The molecule has 0 amide bonds. The zero-order valence-corrected chi connectivity index (χ0v) is 13.8. The van der Waals surface area contributed by atoms with Crippen LogP contribution >= 0.6 is 0 Å². The minimum Gasteiger partial charge on any atom is -0.495 e. The number of carboxylic acids is 1. The maximum atomic E-state index is 12.6. The van der Waals surface area contributed by atoms with Crippen LogP contribution in [0.2, 0.25) is 0 Å². The molecule has 0 saturated carbocycles. The molecule has 7 heteroatoms. The van der Waals surface area contributed by atoms with E-state index in [-0.39, 0.29) is 10.5 Å². The molecule has 122 valence electrons. The van der Waals surface area contributed by atoms with E-state index in [9.17, 15) is 13.2 Å². The summed E-state index contributed by atoms with van der Waals surface area (Å²) in [6.45, 7) is 3.43. The number of anilines is 1. The van der Waals surface area contributed by atoms with E-state index in [1.807, 2.05) is 6.92 Å². The lowest BCUT2D eigenvalue weighted by molar-refractivity contribution is 0.0696. The van der Waals surface area contributed by atoms with E-state index in [0.717, 1.165) is 11.6 Å². The van der Waals surface area contributed by atoms with Gasteiger partial charge >= 0.3 is 5.97 Å². The summed E-state index contributed by atoms with van der Waals surface area (Å²) in [4.78, 5) is 11.0. The lowest BCUT2D eigenvalue weighted by Gasteiger charge is -2.14. The minimum atomic E-state index is -3.94. The predicted octanol–water partition coefficient (Wildman–Crippen LogP) is 2.81. The average molecular weight is 335 g/mol. The van der Waals surface area contributed by atoms with Gasteiger partial charge in [0.25, 0.3) is 10.0 Å². The van der Waals surface area contributed by atoms with Gasteiger partial charge in [0.15, 0.2) is 0 Å². The van der Waals surface area contributed by atoms with Crippen molar-refractivity contribution in [1.29, 1.82) is 0 Å². The van der Waals surface area contributed by atoms with E-state index in [0.29, 0.717) is 17.0 Å². The van der Waals surface area contributed by atoms with Crippen LogP contribution in [-0.2, 0) is 10.0 Å². The fourth-order valence-electron chi connectivity index (χ4n) is 2.12. The highest BCUT2D eigenvalue weighted by Gasteiger charge is 2.20. The van der Waals surface area contributed by atoms with Crippen molar-refractivity contribution >= 4 is 21.7 Å². The van der Waals surface area contributed by atoms with Gasteiger partial charge in [-0.05, 0) is 49.2 Å². The molecule has 6 nitrogen and oxygen atoms in total. The predicted molar refractivity (Wildman–Crippen MR) is 86.7 cm³/mol. The van der Waals surface area contributed by atoms with E-state index in [1.165, 1.54) is 19.2 Å². The van der Waals surface area contributed by atoms with E-state index in [2.05, 4.69) is 4.72 Å². The minimum absolute atomic E-state index is 0.0824. The normalized spacial score (nSPS) is 11.1. The summed E-state index contributed by atoms with van der Waals surface area (Å²) in [5.41, 5.74) is 1.52. The first-order valence-corrected chi connectivity index (χ1v) is 8.24. The Bertz CT molecular complexity index is 859. The zero-order valence-electron chi connectivity index (χ0n) is 13.0. The standard InChI is InChI=1S/C16H17NO5S/c1-10-4-7-14(22-3)13(8-10)17-23(20,21)15-9-12(16(18)19)6-5-11(15)2/h4-9,17H,1-3H3,(H,18,19). The number of carbonyl (C=O) groups is 1. The van der Waals surface area contributed by atoms with Gasteiger partial charge in [0.1, 0.15) is 5.75 Å². The second kappa shape index (κ2) is 6.29. The smallest absolute Gasteiger partial charge is 0.335 e. The van der Waals surface area contributed by atoms with Crippen LogP contribution < -0.4 is 9.46 Å². The van der Waals surface area contributed by atoms with E-state index in [1.54, 1.807) is 25.1 Å². The number of ether oxygens (including phenoxy) is 1. The molecule has 0 aromatic heterocycles. The summed E-state index contributed by atoms with van der Waals surface area (Å²) in [6, 6.07) is 9.07. The zero-order chi connectivity index (χ0) is 17.2. The molecule has 0 atom stereocenters. The largest absolute Gasteiger partial charge is 0.495 e. The van der Waals surface area contributed by atoms with Crippen molar-refractivity contribution in [3.63, 3.8) is 0 Å². The molecule has 2 rings (SSSR count). The lowest BCUT2D eigenvalue weighted by Crippen LogP contribution is -2.16. The Morgan fingerprint density at radius 2 is 1.83 bits per heavy atom. The second-order valence-electron chi connectivity index (χ2n) is 5.09. The Morgan fingerprint density at radius 3 is 2.43 bits per heavy atom. The third-order valence-corrected chi connectivity index (χ3v) is 4.83. The molecule has 2 aromatic carbocycles. The molecular weight excluding hydrogens is 318 g/mol. The number of aromatic carboxylic acids is 1. The number of sulfonamides is 1. The maximum Gasteiger partial charge on any atom is 0.335 e. The molecule has 23 heavy (non-hydrogen) atoms. The van der Waals surface area contributed by atoms with Crippen LogP contribution in [0.25, 0.3) is 0 Å². The lowest BCUT2D eigenvalue weighted by atomic mass is 10.1. The van der Waals surface area contributed by atoms with E-state index in [4.69, 9.17) is 9.84 Å². The number of hydrogen-bond acceptors (Lipinski definition) is 4. The highest BCUT2D eigenvalue weighted by Crippen LogP contribution is 2.28. The molecule has 0 saturated heterocycles. The van der Waals surface area contributed by atoms with Crippen LogP contribution in [0.4, 0.5) is 5.69 Å². The van der Waals surface area contributed by atoms with Crippen LogP contribution in [-0.4, -0.2) is 26.6 Å². The summed E-state index contributed by atoms with van der Waals surface area (Å²) in [7, 11) is -2.50. The van der Waals surface area contributed by atoms with Crippen molar-refractivity contribution in [3.8, 4) is 5.75 Å². The average Bonchev–Trinajstić information content (AvgIpc) is 2.47. The SMILES string of the molecule is COc1ccc(C)cc1NS(=O)(=O)c1cc(C(=O)O)ccc1C. The van der Waals surface area contributed by atoms with E-state index < -0.39 is 16.0 Å². The van der Waals surface area contributed by atoms with Gasteiger partial charge in [0, 0.05) is 0 Å². The van der Waals surface area contributed by atoms with Gasteiger partial charge in [-0.15, -0.1) is 0 Å². The molecule has 0 spiro atoms. The first-order chi connectivity index (χ1) is 10.7. The highest BCUT2D eigenvalue weighted by atomic mass is 32.2. The highest BCUT2D eigenvalue weighted by molar-refractivity contribution is 7.92. The van der Waals surface area contributed by atoms with Crippen LogP contribution in [0, 0.1) is 13.8 Å². The molecule has 0 bridgehead atoms. The quantitative estimate of drug-likeness (QED) is 0.876. The third-order valence-electron chi connectivity index (χ3n) is 3.32. The van der Waals surface area contributed by atoms with Crippen molar-refractivity contribution < 1.29 is 23.1 Å². The van der Waals surface area contributed by atoms with Crippen LogP contribution in [0.3, 0.4) is 0 Å². The van der Waals surface area contributed by atoms with Gasteiger partial charge in [-0.2, -0.15) is 0 Å². The fourth-order valence-corrected chi connectivity index (χ4v) is 3.46. The topological polar surface area (TPSA) is 92.7 Å². The summed E-state index contributed by atoms with van der Waals surface area (Å²) in [5, 5.41) is 9.04. The maximum absolute atomic E-state index is 12.6. The Labute approximate surface area is 134 Å². The molecule has 0 fully saturated rings. The Morgan fingerprint density at radius 1 is 1.13 bits per heavy atom. The first-order valence-electron chi connectivity index (χ1n) is 6.76. The van der Waals surface area contributed by atoms with Crippen LogP contribution in [0.1, 0.15) is 21.5 Å². The second-order valence-corrected chi connectivity index (χ2v) is 6.75. The number of benzene rings is 2. The third kappa shape index (κ3) is 3.62. The van der Waals surface area contributed by atoms with Crippen molar-refractivity contribution in [2.75, 3.05) is 11.8 Å². The van der Waals surface area contributed by atoms with Crippen LogP contribution in [0.5, 0.6) is 5.75 Å². The number of nitrogens with one attached hydrogen (secondary N) is 1. The number of aryl methyl sites for hydroxylation is 2. The van der Waals surface area contributed by atoms with Gasteiger partial charge in [-0.1, -0.05) is 12.1 Å². The summed E-state index contributed by atoms with van der Waals surface area (Å²) in [6.07, 6.45) is 0. The summed E-state index contributed by atoms with van der Waals surface area (Å²) >= 11 is 0. The van der Waals surface area contributed by atoms with Crippen molar-refractivity contribution in [1.82, 2.24) is 0 Å². The van der Waals surface area contributed by atoms with Crippen molar-refractivity contribution in [3.05, 3.63) is 53.1 Å². The van der Waals surface area contributed by atoms with Gasteiger partial charge in [-0.25, -0.2) is 13.2 Å². The number of carboxylic acid groups (broad SMARTS) is 1. The fraction of sp³-hybridized carbons (Fsp3) is 0.188. The summed E-state index contributed by atoms with van der Waals surface area (Å²) in [5.74, 6) is -0.805. The molecular formula is C16H17NO5S. The molecule has 0 aliphatic rings. The monoisotopic (exact) mass is 335 g/mol. The van der Waals surface area contributed by atoms with Gasteiger partial charge in [0.05, 0.1) is 23.3 Å². The summed E-state index contributed by atoms with van der Waals surface area (Å²) < 4.78 is 32.8. The Kier molecular flexibility index (Phi) is 4.60. The van der Waals surface area contributed by atoms with Crippen molar-refractivity contribution in [2.24, 2.45) is 0 Å². The molecule has 0 aliphatic heterocycles. The molecule has 0 radical (unpaired) electrons. The molecule has 0 aliphatic carbocycles. The number of hydrogen-bond donors (Lipinski definition) is 2. The number of rotatable bonds is 5. The van der Waals surface area contributed by atoms with Gasteiger partial charge in [0.2, 0.25) is 0 Å². The number of methoxy groups -OCH3 is 1. The molecule has 0 unspecified atom stereocenters.